The first kappa shape index (κ1) is 14.6. The second-order valence-corrected chi connectivity index (χ2v) is 4.52. The van der Waals surface area contributed by atoms with E-state index in [4.69, 9.17) is 4.74 Å². The first-order valence-electron chi connectivity index (χ1n) is 6.09. The number of benzene rings is 1. The molecule has 0 heterocycles. The van der Waals surface area contributed by atoms with Crippen LogP contribution < -0.4 is 5.32 Å². The molecule has 1 unspecified atom stereocenters. The first-order chi connectivity index (χ1) is 8.51. The van der Waals surface area contributed by atoms with Gasteiger partial charge in [-0.3, -0.25) is 4.79 Å². The smallest absolute Gasteiger partial charge is 0.307 e. The lowest BCUT2D eigenvalue weighted by atomic mass is 9.88. The minimum Gasteiger partial charge on any atom is -0.469 e. The number of esters is 1. The fourth-order valence-electron chi connectivity index (χ4n) is 1.85. The zero-order chi connectivity index (χ0) is 13.6. The largest absolute Gasteiger partial charge is 0.469 e. The van der Waals surface area contributed by atoms with Crippen LogP contribution in [0.15, 0.2) is 24.3 Å². The summed E-state index contributed by atoms with van der Waals surface area (Å²) >= 11 is 0. The zero-order valence-electron chi connectivity index (χ0n) is 11.1. The molecule has 0 aliphatic heterocycles. The molecule has 0 saturated carbocycles. The van der Waals surface area contributed by atoms with E-state index in [2.05, 4.69) is 12.2 Å². The Bertz CT molecular complexity index is 391. The third-order valence-electron chi connectivity index (χ3n) is 2.97. The highest BCUT2D eigenvalue weighted by Crippen LogP contribution is 2.25. The molecule has 4 heteroatoms. The molecular weight excluding hydrogens is 233 g/mol. The number of rotatable bonds is 6. The summed E-state index contributed by atoms with van der Waals surface area (Å²) in [5.74, 6) is -0.569. The predicted octanol–water partition coefficient (Wildman–Crippen LogP) is 2.60. The highest BCUT2D eigenvalue weighted by molar-refractivity contribution is 5.71. The topological polar surface area (TPSA) is 38.3 Å². The molecule has 0 aromatic heterocycles. The highest BCUT2D eigenvalue weighted by atomic mass is 19.1. The summed E-state index contributed by atoms with van der Waals surface area (Å²) in [6, 6.07) is 6.19. The Kier molecular flexibility index (Phi) is 5.28. The van der Waals surface area contributed by atoms with Crippen LogP contribution in [-0.4, -0.2) is 19.6 Å². The summed E-state index contributed by atoms with van der Waals surface area (Å²) in [6.07, 6.45) is 1.17. The molecule has 1 aromatic carbocycles. The number of ether oxygens (including phenoxy) is 1. The van der Waals surface area contributed by atoms with Gasteiger partial charge in [-0.1, -0.05) is 19.1 Å². The van der Waals surface area contributed by atoms with Gasteiger partial charge in [0.1, 0.15) is 5.82 Å². The average Bonchev–Trinajstić information content (AvgIpc) is 2.37. The van der Waals surface area contributed by atoms with Crippen molar-refractivity contribution >= 4 is 5.97 Å². The summed E-state index contributed by atoms with van der Waals surface area (Å²) in [7, 11) is 1.37. The number of nitrogens with one attached hydrogen (secondary N) is 1. The maximum Gasteiger partial charge on any atom is 0.307 e. The van der Waals surface area contributed by atoms with E-state index in [0.717, 1.165) is 18.5 Å². The Morgan fingerprint density at radius 3 is 2.50 bits per heavy atom. The fraction of sp³-hybridized carbons (Fsp3) is 0.500. The molecule has 0 amide bonds. The standard InChI is InChI=1S/C14H20FNO2/c1-4-9-16-14(2,10-13(17)18-3)11-5-7-12(15)8-6-11/h5-8,16H,4,9-10H2,1-3H3. The van der Waals surface area contributed by atoms with Crippen molar-refractivity contribution < 1.29 is 13.9 Å². The molecule has 1 N–H and O–H groups in total. The van der Waals surface area contributed by atoms with Gasteiger partial charge in [0.15, 0.2) is 0 Å². The molecule has 0 aliphatic rings. The third-order valence-corrected chi connectivity index (χ3v) is 2.97. The summed E-state index contributed by atoms with van der Waals surface area (Å²) in [5.41, 5.74) is 0.347. The van der Waals surface area contributed by atoms with Crippen LogP contribution in [0.1, 0.15) is 32.3 Å². The van der Waals surface area contributed by atoms with Gasteiger partial charge in [-0.2, -0.15) is 0 Å². The Labute approximate surface area is 107 Å². The lowest BCUT2D eigenvalue weighted by molar-refractivity contribution is -0.142. The molecule has 0 aliphatic carbocycles. The fourth-order valence-corrected chi connectivity index (χ4v) is 1.85. The zero-order valence-corrected chi connectivity index (χ0v) is 11.1. The number of hydrogen-bond donors (Lipinski definition) is 1. The van der Waals surface area contributed by atoms with Gasteiger partial charge in [-0.15, -0.1) is 0 Å². The number of halogens is 1. The van der Waals surface area contributed by atoms with Gasteiger partial charge in [0.2, 0.25) is 0 Å². The Morgan fingerprint density at radius 1 is 1.39 bits per heavy atom. The molecule has 1 aromatic rings. The monoisotopic (exact) mass is 253 g/mol. The van der Waals surface area contributed by atoms with Crippen LogP contribution in [0.4, 0.5) is 4.39 Å². The Hall–Kier alpha value is -1.42. The Morgan fingerprint density at radius 2 is 2.00 bits per heavy atom. The number of carbonyl (C=O) groups excluding carboxylic acids is 1. The summed E-state index contributed by atoms with van der Waals surface area (Å²) in [6.45, 7) is 4.76. The van der Waals surface area contributed by atoms with E-state index in [1.807, 2.05) is 6.92 Å². The van der Waals surface area contributed by atoms with Crippen LogP contribution in [0.5, 0.6) is 0 Å². The second-order valence-electron chi connectivity index (χ2n) is 4.52. The summed E-state index contributed by atoms with van der Waals surface area (Å²) < 4.78 is 17.7. The van der Waals surface area contributed by atoms with Gasteiger partial charge in [-0.05, 0) is 37.6 Å². The number of hydrogen-bond acceptors (Lipinski definition) is 3. The maximum absolute atomic E-state index is 12.9. The van der Waals surface area contributed by atoms with Crippen molar-refractivity contribution in [1.82, 2.24) is 5.32 Å². The molecule has 3 nitrogen and oxygen atoms in total. The van der Waals surface area contributed by atoms with Crippen molar-refractivity contribution in [2.45, 2.75) is 32.2 Å². The van der Waals surface area contributed by atoms with Crippen LogP contribution in [0.3, 0.4) is 0 Å². The molecule has 0 bridgehead atoms. The molecule has 0 saturated heterocycles. The summed E-state index contributed by atoms with van der Waals surface area (Å²) in [5, 5.41) is 3.32. The molecule has 18 heavy (non-hydrogen) atoms. The average molecular weight is 253 g/mol. The number of methoxy groups -OCH3 is 1. The van der Waals surface area contributed by atoms with Crippen LogP contribution in [0, 0.1) is 5.82 Å². The predicted molar refractivity (Wildman–Crippen MR) is 68.7 cm³/mol. The van der Waals surface area contributed by atoms with Crippen LogP contribution in [0.2, 0.25) is 0 Å². The van der Waals surface area contributed by atoms with E-state index >= 15 is 0 Å². The second kappa shape index (κ2) is 6.50. The van der Waals surface area contributed by atoms with Gasteiger partial charge in [0.05, 0.1) is 19.1 Å². The molecule has 0 spiro atoms. The van der Waals surface area contributed by atoms with Gasteiger partial charge in [0, 0.05) is 0 Å². The van der Waals surface area contributed by atoms with E-state index in [1.165, 1.54) is 19.2 Å². The minimum atomic E-state index is -0.531. The quantitative estimate of drug-likeness (QED) is 0.792. The first-order valence-corrected chi connectivity index (χ1v) is 6.09. The maximum atomic E-state index is 12.9. The van der Waals surface area contributed by atoms with Crippen molar-refractivity contribution in [3.8, 4) is 0 Å². The van der Waals surface area contributed by atoms with E-state index < -0.39 is 5.54 Å². The SMILES string of the molecule is CCCNC(C)(CC(=O)OC)c1ccc(F)cc1. The van der Waals surface area contributed by atoms with Gasteiger partial charge in [0.25, 0.3) is 0 Å². The minimum absolute atomic E-state index is 0.217. The molecular formula is C14H20FNO2. The third kappa shape index (κ3) is 3.81. The molecule has 100 valence electrons. The van der Waals surface area contributed by atoms with E-state index in [9.17, 15) is 9.18 Å². The van der Waals surface area contributed by atoms with E-state index in [-0.39, 0.29) is 18.2 Å². The van der Waals surface area contributed by atoms with Gasteiger partial charge in [-0.25, -0.2) is 4.39 Å². The molecule has 0 radical (unpaired) electrons. The van der Waals surface area contributed by atoms with Crippen molar-refractivity contribution in [2.75, 3.05) is 13.7 Å². The van der Waals surface area contributed by atoms with Crippen LogP contribution in [0.25, 0.3) is 0 Å². The van der Waals surface area contributed by atoms with Crippen molar-refractivity contribution in [3.05, 3.63) is 35.6 Å². The van der Waals surface area contributed by atoms with Crippen molar-refractivity contribution in [1.29, 1.82) is 0 Å². The molecule has 1 atom stereocenters. The highest BCUT2D eigenvalue weighted by Gasteiger charge is 2.29. The van der Waals surface area contributed by atoms with Crippen LogP contribution in [-0.2, 0) is 15.1 Å². The van der Waals surface area contributed by atoms with Crippen molar-refractivity contribution in [3.63, 3.8) is 0 Å². The van der Waals surface area contributed by atoms with E-state index in [0.29, 0.717) is 0 Å². The number of carbonyl (C=O) groups is 1. The van der Waals surface area contributed by atoms with Gasteiger partial charge < -0.3 is 10.1 Å². The Balaban J connectivity index is 2.95. The van der Waals surface area contributed by atoms with Crippen LogP contribution >= 0.6 is 0 Å². The van der Waals surface area contributed by atoms with Gasteiger partial charge >= 0.3 is 5.97 Å². The summed E-state index contributed by atoms with van der Waals surface area (Å²) in [4.78, 5) is 11.5. The lowest BCUT2D eigenvalue weighted by Crippen LogP contribution is -2.42. The molecule has 0 fully saturated rings. The lowest BCUT2D eigenvalue weighted by Gasteiger charge is -2.30. The normalized spacial score (nSPS) is 14.0. The molecule has 1 rings (SSSR count). The van der Waals surface area contributed by atoms with E-state index in [1.54, 1.807) is 12.1 Å². The van der Waals surface area contributed by atoms with Crippen molar-refractivity contribution in [2.24, 2.45) is 0 Å².